The smallest absolute Gasteiger partial charge is 0.151 e. The number of aromatic nitrogens is 1. The van der Waals surface area contributed by atoms with Gasteiger partial charge >= 0.3 is 0 Å². The molecular weight excluding hydrogens is 364 g/mol. The Morgan fingerprint density at radius 3 is 2.39 bits per heavy atom. The summed E-state index contributed by atoms with van der Waals surface area (Å²) < 4.78 is 1.43. The molecule has 0 radical (unpaired) electrons. The summed E-state index contributed by atoms with van der Waals surface area (Å²) in [5.41, 5.74) is 1.94. The number of thiocarbonyl (C=S) groups is 2. The second-order valence-electron chi connectivity index (χ2n) is 4.23. The van der Waals surface area contributed by atoms with E-state index in [0.29, 0.717) is 4.32 Å². The van der Waals surface area contributed by atoms with Crippen molar-refractivity contribution in [1.29, 1.82) is 0 Å². The first kappa shape index (κ1) is 19.8. The lowest BCUT2D eigenvalue weighted by Gasteiger charge is -2.22. The zero-order valence-electron chi connectivity index (χ0n) is 13.2. The minimum Gasteiger partial charge on any atom is -0.330 e. The van der Waals surface area contributed by atoms with Crippen molar-refractivity contribution in [2.24, 2.45) is 4.99 Å². The molecule has 122 valence electrons. The summed E-state index contributed by atoms with van der Waals surface area (Å²) in [5.74, 6) is 0. The maximum absolute atomic E-state index is 5.45. The van der Waals surface area contributed by atoms with Gasteiger partial charge in [0.25, 0.3) is 0 Å². The molecule has 0 bridgehead atoms. The number of pyridine rings is 1. The van der Waals surface area contributed by atoms with Crippen molar-refractivity contribution in [1.82, 2.24) is 9.88 Å². The minimum atomic E-state index is 0.710. The van der Waals surface area contributed by atoms with Crippen LogP contribution in [0.4, 0.5) is 5.69 Å². The topological polar surface area (TPSA) is 31.7 Å². The fraction of sp³-hybridized carbons (Fsp3) is 0.200. The van der Waals surface area contributed by atoms with Gasteiger partial charge in [0.15, 0.2) is 8.64 Å². The molecular formula is C15H18N4S4. The quantitative estimate of drug-likeness (QED) is 0.327. The van der Waals surface area contributed by atoms with Gasteiger partial charge in [0.05, 0.1) is 0 Å². The van der Waals surface area contributed by atoms with E-state index in [2.05, 4.69) is 16.7 Å². The van der Waals surface area contributed by atoms with Crippen LogP contribution >= 0.6 is 46.0 Å². The number of hydrogen-bond acceptors (Lipinski definition) is 6. The van der Waals surface area contributed by atoms with Crippen LogP contribution in [0.15, 0.2) is 53.6 Å². The van der Waals surface area contributed by atoms with Gasteiger partial charge in [-0.15, -0.1) is 0 Å². The summed E-state index contributed by atoms with van der Waals surface area (Å²) in [6.07, 6.45) is 8.92. The molecule has 1 aromatic rings. The molecule has 0 atom stereocenters. The van der Waals surface area contributed by atoms with E-state index >= 15 is 0 Å². The van der Waals surface area contributed by atoms with E-state index in [0.717, 1.165) is 15.7 Å². The average molecular weight is 383 g/mol. The number of likely N-dealkylation sites (N-methyl/N-ethyl adjacent to an activating group) is 1. The maximum atomic E-state index is 5.45. The Morgan fingerprint density at radius 1 is 1.22 bits per heavy atom. The first-order valence-electron chi connectivity index (χ1n) is 6.59. The van der Waals surface area contributed by atoms with Crippen LogP contribution in [0.1, 0.15) is 6.92 Å². The van der Waals surface area contributed by atoms with E-state index in [1.165, 1.54) is 21.6 Å². The highest BCUT2D eigenvalue weighted by molar-refractivity contribution is 8.89. The van der Waals surface area contributed by atoms with Gasteiger partial charge in [0.2, 0.25) is 0 Å². The number of hydrogen-bond donors (Lipinski definition) is 0. The normalized spacial score (nSPS) is 11.3. The lowest BCUT2D eigenvalue weighted by atomic mass is 10.4. The Labute approximate surface area is 156 Å². The van der Waals surface area contributed by atoms with Crippen molar-refractivity contribution in [3.63, 3.8) is 0 Å². The van der Waals surface area contributed by atoms with Crippen LogP contribution in [0.25, 0.3) is 0 Å². The average Bonchev–Trinajstić information content (AvgIpc) is 2.59. The molecule has 0 N–H and O–H groups in total. The Kier molecular flexibility index (Phi) is 9.08. The lowest BCUT2D eigenvalue weighted by molar-refractivity contribution is 0.671. The van der Waals surface area contributed by atoms with E-state index in [4.69, 9.17) is 24.4 Å². The molecule has 0 saturated heterocycles. The van der Waals surface area contributed by atoms with Crippen LogP contribution < -0.4 is 4.90 Å². The molecule has 0 aliphatic heterocycles. The van der Waals surface area contributed by atoms with Gasteiger partial charge in [0.1, 0.15) is 0 Å². The van der Waals surface area contributed by atoms with E-state index in [9.17, 15) is 0 Å². The zero-order chi connectivity index (χ0) is 17.2. The van der Waals surface area contributed by atoms with Gasteiger partial charge < -0.3 is 9.80 Å². The molecule has 0 spiro atoms. The van der Waals surface area contributed by atoms with Crippen molar-refractivity contribution in [3.8, 4) is 0 Å². The van der Waals surface area contributed by atoms with E-state index in [-0.39, 0.29) is 0 Å². The molecule has 1 aromatic heterocycles. The standard InChI is InChI=1S/C15H18N4S4/c1-5-12(6-9-16-2)18(3)14(20)22-23-15(21)19(4)13-7-10-17-11-8-13/h5-11H,2H2,1,3-4H3/b9-6-,12-5+. The highest BCUT2D eigenvalue weighted by Crippen LogP contribution is 2.30. The van der Waals surface area contributed by atoms with Crippen molar-refractivity contribution < 1.29 is 0 Å². The molecule has 0 saturated carbocycles. The summed E-state index contributed by atoms with van der Waals surface area (Å²) in [7, 11) is 6.73. The predicted octanol–water partition coefficient (Wildman–Crippen LogP) is 4.52. The highest BCUT2D eigenvalue weighted by Gasteiger charge is 2.13. The summed E-state index contributed by atoms with van der Waals surface area (Å²) in [6.45, 7) is 5.37. The molecule has 1 heterocycles. The number of rotatable bonds is 4. The number of nitrogens with zero attached hydrogens (tertiary/aromatic N) is 4. The summed E-state index contributed by atoms with van der Waals surface area (Å²) >= 11 is 10.9. The molecule has 0 aliphatic carbocycles. The van der Waals surface area contributed by atoms with Gasteiger partial charge in [-0.25, -0.2) is 0 Å². The largest absolute Gasteiger partial charge is 0.330 e. The van der Waals surface area contributed by atoms with E-state index in [1.807, 2.05) is 55.1 Å². The SMILES string of the molecule is C=N/C=C\C(=C/C)N(C)C(=S)SSC(=S)N(C)c1ccncc1. The number of aliphatic imine (C=N–C) groups is 1. The van der Waals surface area contributed by atoms with Gasteiger partial charge in [-0.2, -0.15) is 0 Å². The van der Waals surface area contributed by atoms with Gasteiger partial charge in [0, 0.05) is 44.1 Å². The molecule has 8 heteroatoms. The monoisotopic (exact) mass is 382 g/mol. The van der Waals surface area contributed by atoms with Crippen LogP contribution in [0.3, 0.4) is 0 Å². The summed E-state index contributed by atoms with van der Waals surface area (Å²) in [6, 6.07) is 3.82. The predicted molar refractivity (Wildman–Crippen MR) is 113 cm³/mol. The third kappa shape index (κ3) is 6.42. The third-order valence-electron chi connectivity index (χ3n) is 2.82. The lowest BCUT2D eigenvalue weighted by Crippen LogP contribution is -2.23. The van der Waals surface area contributed by atoms with Crippen molar-refractivity contribution >= 4 is 67.1 Å². The highest BCUT2D eigenvalue weighted by atomic mass is 33.1. The number of allylic oxidation sites excluding steroid dienone is 2. The van der Waals surface area contributed by atoms with Crippen LogP contribution in [-0.4, -0.2) is 39.3 Å². The maximum Gasteiger partial charge on any atom is 0.151 e. The van der Waals surface area contributed by atoms with Gasteiger partial charge in [-0.3, -0.25) is 9.98 Å². The fourth-order valence-corrected chi connectivity index (χ4v) is 3.99. The van der Waals surface area contributed by atoms with Crippen molar-refractivity contribution in [2.75, 3.05) is 19.0 Å². The second kappa shape index (κ2) is 10.5. The van der Waals surface area contributed by atoms with Crippen LogP contribution in [0.5, 0.6) is 0 Å². The Balaban J connectivity index is 2.59. The Bertz CT molecular complexity index is 613. The molecule has 4 nitrogen and oxygen atoms in total. The first-order valence-corrected chi connectivity index (χ1v) is 9.56. The van der Waals surface area contributed by atoms with Crippen LogP contribution in [-0.2, 0) is 0 Å². The zero-order valence-corrected chi connectivity index (χ0v) is 16.4. The number of anilines is 1. The van der Waals surface area contributed by atoms with Crippen LogP contribution in [0, 0.1) is 0 Å². The van der Waals surface area contributed by atoms with E-state index in [1.54, 1.807) is 18.6 Å². The van der Waals surface area contributed by atoms with Gasteiger partial charge in [-0.1, -0.05) is 30.5 Å². The van der Waals surface area contributed by atoms with E-state index < -0.39 is 0 Å². The summed E-state index contributed by atoms with van der Waals surface area (Å²) in [4.78, 5) is 11.5. The first-order chi connectivity index (χ1) is 11.0. The molecule has 0 unspecified atom stereocenters. The molecule has 0 fully saturated rings. The van der Waals surface area contributed by atoms with Gasteiger partial charge in [-0.05, 0) is 53.4 Å². The Hall–Kier alpha value is -1.22. The van der Waals surface area contributed by atoms with Crippen molar-refractivity contribution in [2.45, 2.75) is 6.92 Å². The minimum absolute atomic E-state index is 0.710. The molecule has 0 amide bonds. The molecule has 1 rings (SSSR count). The second-order valence-corrected chi connectivity index (χ2v) is 7.63. The molecule has 0 aliphatic rings. The van der Waals surface area contributed by atoms with Crippen molar-refractivity contribution in [3.05, 3.63) is 48.6 Å². The fourth-order valence-electron chi connectivity index (χ4n) is 1.49. The Morgan fingerprint density at radius 2 is 1.83 bits per heavy atom. The summed E-state index contributed by atoms with van der Waals surface area (Å²) in [5, 5.41) is 0. The molecule has 0 aromatic carbocycles. The third-order valence-corrected chi connectivity index (χ3v) is 6.61. The molecule has 23 heavy (non-hydrogen) atoms. The van der Waals surface area contributed by atoms with Crippen LogP contribution in [0.2, 0.25) is 0 Å².